The highest BCUT2D eigenvalue weighted by molar-refractivity contribution is 6.07. The zero-order valence-corrected chi connectivity index (χ0v) is 14.2. The Hall–Kier alpha value is -3.02. The van der Waals surface area contributed by atoms with Crippen molar-refractivity contribution in [3.8, 4) is 5.75 Å². The Morgan fingerprint density at radius 3 is 2.92 bits per heavy atom. The lowest BCUT2D eigenvalue weighted by atomic mass is 9.98. The summed E-state index contributed by atoms with van der Waals surface area (Å²) < 4.78 is 1.83. The summed E-state index contributed by atoms with van der Waals surface area (Å²) in [4.78, 5) is 29.8. The third kappa shape index (κ3) is 2.33. The molecule has 1 aliphatic heterocycles. The number of aromatic hydroxyl groups is 1. The number of carbonyl (C=O) groups excluding carboxylic acids is 1. The quantitative estimate of drug-likeness (QED) is 0.714. The van der Waals surface area contributed by atoms with E-state index in [0.29, 0.717) is 30.5 Å². The van der Waals surface area contributed by atoms with Crippen molar-refractivity contribution in [2.45, 2.75) is 19.9 Å². The summed E-state index contributed by atoms with van der Waals surface area (Å²) in [6.45, 7) is 2.86. The predicted molar refractivity (Wildman–Crippen MR) is 94.8 cm³/mol. The number of aromatic nitrogens is 2. The molecule has 0 spiro atoms. The van der Waals surface area contributed by atoms with Crippen LogP contribution in [0.1, 0.15) is 27.0 Å². The van der Waals surface area contributed by atoms with E-state index in [1.165, 1.54) is 0 Å². The van der Waals surface area contributed by atoms with Crippen LogP contribution in [-0.4, -0.2) is 32.0 Å². The largest absolute Gasteiger partial charge is 0.508 e. The first kappa shape index (κ1) is 15.5. The summed E-state index contributed by atoms with van der Waals surface area (Å²) in [5.74, 6) is 0.123. The van der Waals surface area contributed by atoms with E-state index >= 15 is 0 Å². The molecule has 0 saturated heterocycles. The molecule has 0 saturated carbocycles. The van der Waals surface area contributed by atoms with Crippen LogP contribution in [0.25, 0.3) is 10.9 Å². The third-order valence-electron chi connectivity index (χ3n) is 4.96. The monoisotopic (exact) mass is 337 g/mol. The Kier molecular flexibility index (Phi) is 3.42. The number of aromatic amines is 1. The smallest absolute Gasteiger partial charge is 0.258 e. The Morgan fingerprint density at radius 1 is 1.32 bits per heavy atom. The first-order valence-corrected chi connectivity index (χ1v) is 8.23. The van der Waals surface area contributed by atoms with Gasteiger partial charge in [-0.2, -0.15) is 0 Å². The second-order valence-corrected chi connectivity index (χ2v) is 6.57. The van der Waals surface area contributed by atoms with Crippen LogP contribution in [0, 0.1) is 6.92 Å². The molecule has 0 bridgehead atoms. The summed E-state index contributed by atoms with van der Waals surface area (Å²) in [6.07, 6.45) is 4.00. The van der Waals surface area contributed by atoms with Crippen molar-refractivity contribution in [3.63, 3.8) is 0 Å². The van der Waals surface area contributed by atoms with Crippen molar-refractivity contribution in [1.29, 1.82) is 0 Å². The Labute approximate surface area is 144 Å². The normalized spacial score (nSPS) is 13.9. The van der Waals surface area contributed by atoms with Gasteiger partial charge in [0.15, 0.2) is 0 Å². The van der Waals surface area contributed by atoms with Crippen molar-refractivity contribution >= 4 is 16.8 Å². The highest BCUT2D eigenvalue weighted by Crippen LogP contribution is 2.29. The van der Waals surface area contributed by atoms with Crippen LogP contribution in [0.2, 0.25) is 0 Å². The number of fused-ring (bicyclic) bond motifs is 2. The first-order chi connectivity index (χ1) is 12.0. The molecule has 3 heterocycles. The number of nitrogens with zero attached hydrogens (tertiary/aromatic N) is 2. The molecule has 4 rings (SSSR count). The van der Waals surface area contributed by atoms with Gasteiger partial charge in [0.2, 0.25) is 0 Å². The van der Waals surface area contributed by atoms with E-state index in [4.69, 9.17) is 0 Å². The lowest BCUT2D eigenvalue weighted by molar-refractivity contribution is 0.0735. The van der Waals surface area contributed by atoms with Gasteiger partial charge in [-0.15, -0.1) is 0 Å². The second kappa shape index (κ2) is 5.51. The zero-order chi connectivity index (χ0) is 17.7. The summed E-state index contributed by atoms with van der Waals surface area (Å²) in [5, 5.41) is 10.4. The minimum atomic E-state index is -0.250. The van der Waals surface area contributed by atoms with Crippen LogP contribution < -0.4 is 5.56 Å². The molecule has 6 nitrogen and oxygen atoms in total. The van der Waals surface area contributed by atoms with E-state index in [2.05, 4.69) is 4.98 Å². The Bertz CT molecular complexity index is 1060. The van der Waals surface area contributed by atoms with Crippen LogP contribution in [0.4, 0.5) is 0 Å². The van der Waals surface area contributed by atoms with Gasteiger partial charge < -0.3 is 19.6 Å². The number of phenolic OH excluding ortho intramolecular Hbond substituents is 1. The van der Waals surface area contributed by atoms with Gasteiger partial charge in [0.1, 0.15) is 5.75 Å². The van der Waals surface area contributed by atoms with Crippen molar-refractivity contribution in [2.24, 2.45) is 7.05 Å². The highest BCUT2D eigenvalue weighted by atomic mass is 16.3. The van der Waals surface area contributed by atoms with Gasteiger partial charge in [-0.1, -0.05) is 12.1 Å². The number of phenols is 1. The number of pyridine rings is 1. The second-order valence-electron chi connectivity index (χ2n) is 6.57. The molecule has 2 N–H and O–H groups in total. The van der Waals surface area contributed by atoms with Crippen LogP contribution in [-0.2, 0) is 20.0 Å². The number of H-pyrrole nitrogens is 1. The summed E-state index contributed by atoms with van der Waals surface area (Å²) in [6, 6.07) is 5.38. The summed E-state index contributed by atoms with van der Waals surface area (Å²) in [7, 11) is 1.84. The van der Waals surface area contributed by atoms with E-state index in [-0.39, 0.29) is 17.2 Å². The molecular formula is C19H19N3O3. The molecular weight excluding hydrogens is 318 g/mol. The number of aryl methyl sites for hydroxylation is 2. The molecule has 3 aromatic rings. The fourth-order valence-corrected chi connectivity index (χ4v) is 3.74. The maximum Gasteiger partial charge on any atom is 0.258 e. The minimum absolute atomic E-state index is 0.157. The van der Waals surface area contributed by atoms with Gasteiger partial charge in [0.25, 0.3) is 11.5 Å². The SMILES string of the molecule is Cc1c[nH]c(=O)c2c(C(=O)N3CCc4c(O)cccc4C3)cn(C)c12. The fourth-order valence-electron chi connectivity index (χ4n) is 3.74. The summed E-state index contributed by atoms with van der Waals surface area (Å²) >= 11 is 0. The molecule has 1 aromatic carbocycles. The average molecular weight is 337 g/mol. The van der Waals surface area contributed by atoms with Gasteiger partial charge in [0.05, 0.1) is 16.5 Å². The Balaban J connectivity index is 1.77. The highest BCUT2D eigenvalue weighted by Gasteiger charge is 2.26. The van der Waals surface area contributed by atoms with Crippen molar-refractivity contribution in [3.05, 3.63) is 63.2 Å². The van der Waals surface area contributed by atoms with Crippen LogP contribution in [0.3, 0.4) is 0 Å². The van der Waals surface area contributed by atoms with E-state index in [9.17, 15) is 14.7 Å². The topological polar surface area (TPSA) is 78.3 Å². The molecule has 128 valence electrons. The molecule has 0 atom stereocenters. The zero-order valence-electron chi connectivity index (χ0n) is 14.2. The number of rotatable bonds is 1. The molecule has 0 fully saturated rings. The van der Waals surface area contributed by atoms with Gasteiger partial charge in [-0.05, 0) is 30.5 Å². The number of hydrogen-bond donors (Lipinski definition) is 2. The molecule has 1 amide bonds. The molecule has 0 aliphatic carbocycles. The van der Waals surface area contributed by atoms with Gasteiger partial charge in [-0.3, -0.25) is 9.59 Å². The Morgan fingerprint density at radius 2 is 2.12 bits per heavy atom. The van der Waals surface area contributed by atoms with Crippen molar-refractivity contribution in [1.82, 2.24) is 14.5 Å². The van der Waals surface area contributed by atoms with Gasteiger partial charge in [0, 0.05) is 38.1 Å². The van der Waals surface area contributed by atoms with Crippen LogP contribution >= 0.6 is 0 Å². The number of amides is 1. The number of benzene rings is 1. The van der Waals surface area contributed by atoms with Crippen molar-refractivity contribution in [2.75, 3.05) is 6.54 Å². The molecule has 25 heavy (non-hydrogen) atoms. The lowest BCUT2D eigenvalue weighted by Crippen LogP contribution is -2.36. The number of carbonyl (C=O) groups is 1. The molecule has 0 radical (unpaired) electrons. The van der Waals surface area contributed by atoms with E-state index < -0.39 is 0 Å². The molecule has 6 heteroatoms. The molecule has 2 aromatic heterocycles. The first-order valence-electron chi connectivity index (χ1n) is 8.23. The molecule has 0 unspecified atom stereocenters. The summed E-state index contributed by atoms with van der Waals surface area (Å²) in [5.41, 5.74) is 3.72. The van der Waals surface area contributed by atoms with Gasteiger partial charge >= 0.3 is 0 Å². The third-order valence-corrected chi connectivity index (χ3v) is 4.96. The standard InChI is InChI=1S/C19H19N3O3/c1-11-8-20-18(24)16-14(10-21(2)17(11)16)19(25)22-7-6-13-12(9-22)4-3-5-15(13)23/h3-5,8,10,23H,6-7,9H2,1-2H3,(H,20,24). The van der Waals surface area contributed by atoms with Crippen molar-refractivity contribution < 1.29 is 9.90 Å². The van der Waals surface area contributed by atoms with Gasteiger partial charge in [-0.25, -0.2) is 0 Å². The number of hydrogen-bond acceptors (Lipinski definition) is 3. The van der Waals surface area contributed by atoms with Crippen LogP contribution in [0.5, 0.6) is 5.75 Å². The lowest BCUT2D eigenvalue weighted by Gasteiger charge is -2.29. The average Bonchev–Trinajstić information content (AvgIpc) is 2.96. The number of nitrogens with one attached hydrogen (secondary N) is 1. The fraction of sp³-hybridized carbons (Fsp3) is 0.263. The van der Waals surface area contributed by atoms with E-state index in [1.54, 1.807) is 29.4 Å². The maximum absolute atomic E-state index is 13.1. The molecule has 1 aliphatic rings. The maximum atomic E-state index is 13.1. The van der Waals surface area contributed by atoms with E-state index in [0.717, 1.165) is 22.2 Å². The van der Waals surface area contributed by atoms with E-state index in [1.807, 2.05) is 24.6 Å². The van der Waals surface area contributed by atoms with Crippen LogP contribution in [0.15, 0.2) is 35.4 Å². The predicted octanol–water partition coefficient (Wildman–Crippen LogP) is 2.08. The minimum Gasteiger partial charge on any atom is -0.508 e.